The third kappa shape index (κ3) is 4.45. The first-order valence-corrected chi connectivity index (χ1v) is 9.78. The van der Waals surface area contributed by atoms with Crippen LogP contribution in [-0.4, -0.2) is 52.1 Å². The lowest BCUT2D eigenvalue weighted by Crippen LogP contribution is -2.22. The molecule has 1 N–H and O–H groups in total. The first-order valence-electron chi connectivity index (χ1n) is 9.78. The Kier molecular flexibility index (Phi) is 5.34. The molecule has 4 rings (SSSR count). The zero-order valence-corrected chi connectivity index (χ0v) is 15.5. The van der Waals surface area contributed by atoms with Gasteiger partial charge in [-0.3, -0.25) is 4.90 Å². The summed E-state index contributed by atoms with van der Waals surface area (Å²) in [4.78, 5) is 24.8. The summed E-state index contributed by atoms with van der Waals surface area (Å²) >= 11 is 0. The number of benzene rings is 1. The number of carbonyl (C=O) groups is 1. The van der Waals surface area contributed by atoms with Gasteiger partial charge in [0.15, 0.2) is 0 Å². The highest BCUT2D eigenvalue weighted by Crippen LogP contribution is 2.23. The van der Waals surface area contributed by atoms with E-state index in [1.54, 1.807) is 12.1 Å². The van der Waals surface area contributed by atoms with E-state index in [0.29, 0.717) is 11.5 Å². The van der Waals surface area contributed by atoms with Crippen LogP contribution in [0.15, 0.2) is 36.7 Å². The van der Waals surface area contributed by atoms with Crippen LogP contribution in [0.25, 0.3) is 0 Å². The molecule has 2 saturated heterocycles. The Bertz CT molecular complexity index is 770. The topological polar surface area (TPSA) is 69.6 Å². The number of carboxylic acid groups (broad SMARTS) is 1. The maximum absolute atomic E-state index is 10.9. The highest BCUT2D eigenvalue weighted by Gasteiger charge is 2.23. The van der Waals surface area contributed by atoms with Crippen molar-refractivity contribution in [1.29, 1.82) is 0 Å². The molecular weight excluding hydrogens is 340 g/mol. The first-order chi connectivity index (χ1) is 13.2. The summed E-state index contributed by atoms with van der Waals surface area (Å²) in [5.74, 6) is 0.609. The van der Waals surface area contributed by atoms with Crippen molar-refractivity contribution in [2.24, 2.45) is 5.92 Å². The van der Waals surface area contributed by atoms with Crippen LogP contribution in [0.4, 0.5) is 5.95 Å². The van der Waals surface area contributed by atoms with Gasteiger partial charge in [0.05, 0.1) is 5.56 Å². The van der Waals surface area contributed by atoms with Gasteiger partial charge >= 0.3 is 5.97 Å². The first kappa shape index (κ1) is 17.9. The van der Waals surface area contributed by atoms with Gasteiger partial charge in [0.25, 0.3) is 0 Å². The quantitative estimate of drug-likeness (QED) is 0.848. The van der Waals surface area contributed by atoms with Gasteiger partial charge in [-0.2, -0.15) is 0 Å². The highest BCUT2D eigenvalue weighted by molar-refractivity contribution is 5.87. The van der Waals surface area contributed by atoms with Crippen molar-refractivity contribution in [3.05, 3.63) is 53.3 Å². The lowest BCUT2D eigenvalue weighted by atomic mass is 9.98. The molecule has 1 aromatic heterocycles. The van der Waals surface area contributed by atoms with Gasteiger partial charge in [0.2, 0.25) is 5.95 Å². The van der Waals surface area contributed by atoms with Crippen molar-refractivity contribution in [2.45, 2.75) is 32.2 Å². The largest absolute Gasteiger partial charge is 0.478 e. The molecule has 0 bridgehead atoms. The molecule has 2 aliphatic heterocycles. The molecule has 6 heteroatoms. The highest BCUT2D eigenvalue weighted by atomic mass is 16.4. The van der Waals surface area contributed by atoms with E-state index in [2.05, 4.69) is 19.8 Å². The summed E-state index contributed by atoms with van der Waals surface area (Å²) in [7, 11) is 0. The number of hydrogen-bond donors (Lipinski definition) is 1. The van der Waals surface area contributed by atoms with E-state index in [1.165, 1.54) is 30.4 Å². The Balaban J connectivity index is 1.28. The third-order valence-corrected chi connectivity index (χ3v) is 5.58. The Labute approximate surface area is 159 Å². The van der Waals surface area contributed by atoms with E-state index < -0.39 is 5.97 Å². The molecule has 2 aliphatic rings. The average molecular weight is 366 g/mol. The summed E-state index contributed by atoms with van der Waals surface area (Å²) in [5.41, 5.74) is 2.73. The minimum Gasteiger partial charge on any atom is -0.478 e. The molecular formula is C21H26N4O2. The SMILES string of the molecule is O=C(O)c1ccc(C[C@@H]2CCN(Cc3cnc(N4CCCC4)nc3)C2)cc1. The third-order valence-electron chi connectivity index (χ3n) is 5.58. The Morgan fingerprint density at radius 1 is 1.04 bits per heavy atom. The smallest absolute Gasteiger partial charge is 0.335 e. The number of aromatic carboxylic acids is 1. The lowest BCUT2D eigenvalue weighted by Gasteiger charge is -2.18. The Morgan fingerprint density at radius 3 is 2.41 bits per heavy atom. The molecule has 142 valence electrons. The molecule has 27 heavy (non-hydrogen) atoms. The van der Waals surface area contributed by atoms with E-state index in [-0.39, 0.29) is 0 Å². The zero-order valence-electron chi connectivity index (χ0n) is 15.5. The van der Waals surface area contributed by atoms with Gasteiger partial charge in [0, 0.05) is 44.1 Å². The fourth-order valence-electron chi connectivity index (χ4n) is 4.11. The fraction of sp³-hybridized carbons (Fsp3) is 0.476. The molecule has 3 heterocycles. The number of anilines is 1. The van der Waals surface area contributed by atoms with Gasteiger partial charge in [0.1, 0.15) is 0 Å². The van der Waals surface area contributed by atoms with Crippen molar-refractivity contribution in [3.8, 4) is 0 Å². The standard InChI is InChI=1S/C21H26N4O2/c26-20(27)19-5-3-16(4-6-19)11-17-7-10-24(14-17)15-18-12-22-21(23-13-18)25-8-1-2-9-25/h3-6,12-13,17H,1-2,7-11,14-15H2,(H,26,27)/t17-/m0/s1. The van der Waals surface area contributed by atoms with Gasteiger partial charge in [-0.1, -0.05) is 12.1 Å². The zero-order chi connectivity index (χ0) is 18.6. The number of carboxylic acids is 1. The van der Waals surface area contributed by atoms with Crippen LogP contribution < -0.4 is 4.90 Å². The van der Waals surface area contributed by atoms with Crippen molar-refractivity contribution in [2.75, 3.05) is 31.1 Å². The average Bonchev–Trinajstić information content (AvgIpc) is 3.35. The van der Waals surface area contributed by atoms with Crippen molar-refractivity contribution in [1.82, 2.24) is 14.9 Å². The van der Waals surface area contributed by atoms with Crippen LogP contribution in [0.3, 0.4) is 0 Å². The predicted octanol–water partition coefficient (Wildman–Crippen LogP) is 2.84. The second-order valence-corrected chi connectivity index (χ2v) is 7.68. The predicted molar refractivity (Wildman–Crippen MR) is 104 cm³/mol. The van der Waals surface area contributed by atoms with Crippen LogP contribution in [0.2, 0.25) is 0 Å². The molecule has 0 amide bonds. The van der Waals surface area contributed by atoms with Gasteiger partial charge in [-0.25, -0.2) is 14.8 Å². The summed E-state index contributed by atoms with van der Waals surface area (Å²) < 4.78 is 0. The van der Waals surface area contributed by atoms with Crippen LogP contribution in [-0.2, 0) is 13.0 Å². The van der Waals surface area contributed by atoms with E-state index in [1.807, 2.05) is 24.5 Å². The lowest BCUT2D eigenvalue weighted by molar-refractivity contribution is 0.0697. The monoisotopic (exact) mass is 366 g/mol. The molecule has 0 radical (unpaired) electrons. The summed E-state index contributed by atoms with van der Waals surface area (Å²) in [6.45, 7) is 5.19. The Morgan fingerprint density at radius 2 is 1.74 bits per heavy atom. The maximum Gasteiger partial charge on any atom is 0.335 e. The maximum atomic E-state index is 10.9. The van der Waals surface area contributed by atoms with Crippen molar-refractivity contribution < 1.29 is 9.90 Å². The molecule has 1 atom stereocenters. The minimum atomic E-state index is -0.869. The molecule has 6 nitrogen and oxygen atoms in total. The van der Waals surface area contributed by atoms with Crippen LogP contribution in [0.1, 0.15) is 40.7 Å². The van der Waals surface area contributed by atoms with Crippen LogP contribution in [0.5, 0.6) is 0 Å². The number of likely N-dealkylation sites (tertiary alicyclic amines) is 1. The Hall–Kier alpha value is -2.47. The minimum absolute atomic E-state index is 0.351. The van der Waals surface area contributed by atoms with E-state index >= 15 is 0 Å². The van der Waals surface area contributed by atoms with Crippen LogP contribution in [0, 0.1) is 5.92 Å². The van der Waals surface area contributed by atoms with Gasteiger partial charge in [-0.05, 0) is 55.8 Å². The van der Waals surface area contributed by atoms with Crippen molar-refractivity contribution in [3.63, 3.8) is 0 Å². The molecule has 0 spiro atoms. The molecule has 0 aliphatic carbocycles. The number of hydrogen-bond acceptors (Lipinski definition) is 5. The van der Waals surface area contributed by atoms with Crippen LogP contribution >= 0.6 is 0 Å². The second kappa shape index (κ2) is 8.05. The molecule has 1 aromatic carbocycles. The number of aromatic nitrogens is 2. The van der Waals surface area contributed by atoms with Gasteiger partial charge < -0.3 is 10.0 Å². The molecule has 2 aromatic rings. The van der Waals surface area contributed by atoms with E-state index in [9.17, 15) is 4.79 Å². The van der Waals surface area contributed by atoms with E-state index in [0.717, 1.165) is 45.1 Å². The molecule has 2 fully saturated rings. The summed E-state index contributed by atoms with van der Waals surface area (Å²) in [6.07, 6.45) is 8.59. The fourth-order valence-corrected chi connectivity index (χ4v) is 4.11. The molecule has 0 unspecified atom stereocenters. The number of nitrogens with zero attached hydrogens (tertiary/aromatic N) is 4. The normalized spacial score (nSPS) is 20.3. The number of rotatable bonds is 6. The summed E-state index contributed by atoms with van der Waals surface area (Å²) in [5, 5.41) is 8.99. The molecule has 0 saturated carbocycles. The van der Waals surface area contributed by atoms with Crippen molar-refractivity contribution >= 4 is 11.9 Å². The second-order valence-electron chi connectivity index (χ2n) is 7.68. The van der Waals surface area contributed by atoms with E-state index in [4.69, 9.17) is 5.11 Å². The summed E-state index contributed by atoms with van der Waals surface area (Å²) in [6, 6.07) is 7.28. The van der Waals surface area contributed by atoms with Gasteiger partial charge in [-0.15, -0.1) is 0 Å².